The molecule has 90 valence electrons. The van der Waals surface area contributed by atoms with Gasteiger partial charge >= 0.3 is 11.9 Å². The second-order valence-corrected chi connectivity index (χ2v) is 3.68. The van der Waals surface area contributed by atoms with Crippen molar-refractivity contribution in [1.82, 2.24) is 5.32 Å². The van der Waals surface area contributed by atoms with E-state index >= 15 is 0 Å². The summed E-state index contributed by atoms with van der Waals surface area (Å²) in [6.45, 7) is 0.350. The molecule has 1 rings (SSSR count). The number of aliphatic carboxylic acids is 1. The zero-order valence-corrected chi connectivity index (χ0v) is 8.90. The van der Waals surface area contributed by atoms with E-state index in [1.807, 2.05) is 0 Å². The van der Waals surface area contributed by atoms with Crippen LogP contribution in [0.5, 0.6) is 0 Å². The van der Waals surface area contributed by atoms with E-state index in [2.05, 4.69) is 5.32 Å². The molecule has 0 bridgehead atoms. The summed E-state index contributed by atoms with van der Waals surface area (Å²) in [6, 6.07) is -0.521. The molecule has 6 heteroatoms. The smallest absolute Gasteiger partial charge is 0.328 e. The molecule has 16 heavy (non-hydrogen) atoms. The molecule has 1 aliphatic heterocycles. The maximum absolute atomic E-state index is 11.3. The number of ether oxygens (including phenoxy) is 1. The number of nitrogens with one attached hydrogen (secondary N) is 1. The number of hydrogen-bond donors (Lipinski definition) is 2. The molecule has 1 saturated heterocycles. The molecule has 2 N–H and O–H groups in total. The lowest BCUT2D eigenvalue weighted by Crippen LogP contribution is -2.37. The number of esters is 1. The highest BCUT2D eigenvalue weighted by molar-refractivity contribution is 5.85. The van der Waals surface area contributed by atoms with Crippen molar-refractivity contribution in [1.29, 1.82) is 0 Å². The SMILES string of the molecule is O=C(O)CCCCC(=O)N[C@@H]1CCOC1=O. The Kier molecular flexibility index (Phi) is 4.75. The highest BCUT2D eigenvalue weighted by atomic mass is 16.5. The fourth-order valence-corrected chi connectivity index (χ4v) is 1.46. The minimum absolute atomic E-state index is 0.0682. The lowest BCUT2D eigenvalue weighted by atomic mass is 10.1. The third-order valence-corrected chi connectivity index (χ3v) is 2.32. The molecule has 1 fully saturated rings. The van der Waals surface area contributed by atoms with Gasteiger partial charge in [0.05, 0.1) is 6.61 Å². The summed E-state index contributed by atoms with van der Waals surface area (Å²) < 4.78 is 4.69. The van der Waals surface area contributed by atoms with Gasteiger partial charge in [-0.05, 0) is 12.8 Å². The van der Waals surface area contributed by atoms with Crippen LogP contribution in [0.3, 0.4) is 0 Å². The number of amides is 1. The standard InChI is InChI=1S/C10H15NO5/c12-8(3-1-2-4-9(13)14)11-7-5-6-16-10(7)15/h7H,1-6H2,(H,11,12)(H,13,14)/t7-/m1/s1. The van der Waals surface area contributed by atoms with Gasteiger partial charge in [0.2, 0.25) is 5.91 Å². The molecule has 1 heterocycles. The Hall–Kier alpha value is -1.59. The Bertz CT molecular complexity index is 289. The highest BCUT2D eigenvalue weighted by Gasteiger charge is 2.27. The number of hydrogen-bond acceptors (Lipinski definition) is 4. The van der Waals surface area contributed by atoms with Crippen molar-refractivity contribution in [2.24, 2.45) is 0 Å². The predicted octanol–water partition coefficient (Wildman–Crippen LogP) is 0.0631. The fraction of sp³-hybridized carbons (Fsp3) is 0.700. The molecule has 0 aromatic rings. The molecule has 0 radical (unpaired) electrons. The predicted molar refractivity (Wildman–Crippen MR) is 53.6 cm³/mol. The van der Waals surface area contributed by atoms with Crippen molar-refractivity contribution in [2.75, 3.05) is 6.61 Å². The first-order valence-electron chi connectivity index (χ1n) is 5.27. The Labute approximate surface area is 93.0 Å². The number of rotatable bonds is 6. The van der Waals surface area contributed by atoms with Crippen molar-refractivity contribution >= 4 is 17.8 Å². The van der Waals surface area contributed by atoms with Crippen LogP contribution >= 0.6 is 0 Å². The molecule has 0 unspecified atom stereocenters. The number of carbonyl (C=O) groups is 3. The molecule has 1 atom stereocenters. The van der Waals surface area contributed by atoms with Crippen LogP contribution in [0.4, 0.5) is 0 Å². The summed E-state index contributed by atoms with van der Waals surface area (Å²) >= 11 is 0. The van der Waals surface area contributed by atoms with Gasteiger partial charge in [0, 0.05) is 19.3 Å². The van der Waals surface area contributed by atoms with Crippen LogP contribution in [-0.2, 0) is 19.1 Å². The molecule has 0 saturated carbocycles. The summed E-state index contributed by atoms with van der Waals surface area (Å²) in [6.07, 6.45) is 1.81. The normalized spacial score (nSPS) is 19.2. The van der Waals surface area contributed by atoms with Crippen LogP contribution in [0.25, 0.3) is 0 Å². The Morgan fingerprint density at radius 3 is 2.62 bits per heavy atom. The van der Waals surface area contributed by atoms with Crippen molar-refractivity contribution in [2.45, 2.75) is 38.1 Å². The van der Waals surface area contributed by atoms with E-state index in [0.717, 1.165) is 0 Å². The van der Waals surface area contributed by atoms with E-state index in [1.165, 1.54) is 0 Å². The van der Waals surface area contributed by atoms with E-state index in [9.17, 15) is 14.4 Å². The van der Waals surface area contributed by atoms with Gasteiger partial charge in [-0.2, -0.15) is 0 Å². The van der Waals surface area contributed by atoms with E-state index in [4.69, 9.17) is 9.84 Å². The molecular weight excluding hydrogens is 214 g/mol. The molecule has 1 amide bonds. The average molecular weight is 229 g/mol. The lowest BCUT2D eigenvalue weighted by molar-refractivity contribution is -0.141. The van der Waals surface area contributed by atoms with Crippen molar-refractivity contribution in [3.05, 3.63) is 0 Å². The van der Waals surface area contributed by atoms with E-state index < -0.39 is 12.0 Å². The molecular formula is C10H15NO5. The third kappa shape index (κ3) is 4.29. The lowest BCUT2D eigenvalue weighted by Gasteiger charge is -2.08. The number of carbonyl (C=O) groups excluding carboxylic acids is 2. The monoisotopic (exact) mass is 229 g/mol. The average Bonchev–Trinajstić information content (AvgIpc) is 2.59. The zero-order valence-electron chi connectivity index (χ0n) is 8.90. The van der Waals surface area contributed by atoms with E-state index in [0.29, 0.717) is 25.9 Å². The Balaban J connectivity index is 2.11. The van der Waals surface area contributed by atoms with Gasteiger partial charge in [-0.15, -0.1) is 0 Å². The van der Waals surface area contributed by atoms with Gasteiger partial charge in [-0.25, -0.2) is 4.79 Å². The maximum atomic E-state index is 11.3. The van der Waals surface area contributed by atoms with Crippen LogP contribution in [0.15, 0.2) is 0 Å². The van der Waals surface area contributed by atoms with E-state index in [-0.39, 0.29) is 24.7 Å². The topological polar surface area (TPSA) is 92.7 Å². The summed E-state index contributed by atoms with van der Waals surface area (Å²) in [4.78, 5) is 32.5. The summed E-state index contributed by atoms with van der Waals surface area (Å²) in [5.41, 5.74) is 0. The minimum atomic E-state index is -0.861. The first-order valence-corrected chi connectivity index (χ1v) is 5.27. The molecule has 0 aliphatic carbocycles. The fourth-order valence-electron chi connectivity index (χ4n) is 1.46. The van der Waals surface area contributed by atoms with Gasteiger partial charge in [0.15, 0.2) is 0 Å². The molecule has 1 aliphatic rings. The minimum Gasteiger partial charge on any atom is -0.481 e. The van der Waals surface area contributed by atoms with Gasteiger partial charge in [0.25, 0.3) is 0 Å². The first-order chi connectivity index (χ1) is 7.59. The summed E-state index contributed by atoms with van der Waals surface area (Å²) in [5.74, 6) is -1.48. The van der Waals surface area contributed by atoms with Crippen LogP contribution in [0.1, 0.15) is 32.1 Å². The van der Waals surface area contributed by atoms with Gasteiger partial charge in [0.1, 0.15) is 6.04 Å². The molecule has 6 nitrogen and oxygen atoms in total. The Morgan fingerprint density at radius 2 is 2.06 bits per heavy atom. The molecule has 0 aromatic heterocycles. The third-order valence-electron chi connectivity index (χ3n) is 2.32. The summed E-state index contributed by atoms with van der Waals surface area (Å²) in [5, 5.41) is 10.9. The van der Waals surface area contributed by atoms with Crippen molar-refractivity contribution in [3.63, 3.8) is 0 Å². The number of carboxylic acids is 1. The molecule has 0 aromatic carbocycles. The van der Waals surface area contributed by atoms with Crippen LogP contribution < -0.4 is 5.32 Å². The van der Waals surface area contributed by atoms with Crippen molar-refractivity contribution in [3.8, 4) is 0 Å². The van der Waals surface area contributed by atoms with Crippen LogP contribution in [-0.4, -0.2) is 35.6 Å². The highest BCUT2D eigenvalue weighted by Crippen LogP contribution is 2.07. The number of cyclic esters (lactones) is 1. The largest absolute Gasteiger partial charge is 0.481 e. The number of unbranched alkanes of at least 4 members (excludes halogenated alkanes) is 1. The van der Waals surface area contributed by atoms with E-state index in [1.54, 1.807) is 0 Å². The summed E-state index contributed by atoms with van der Waals surface area (Å²) in [7, 11) is 0. The first kappa shape index (κ1) is 12.5. The second kappa shape index (κ2) is 6.09. The molecule has 0 spiro atoms. The van der Waals surface area contributed by atoms with Gasteiger partial charge < -0.3 is 15.2 Å². The quantitative estimate of drug-likeness (QED) is 0.496. The van der Waals surface area contributed by atoms with Crippen LogP contribution in [0, 0.1) is 0 Å². The number of carboxylic acid groups (broad SMARTS) is 1. The second-order valence-electron chi connectivity index (χ2n) is 3.68. The van der Waals surface area contributed by atoms with Crippen molar-refractivity contribution < 1.29 is 24.2 Å². The zero-order chi connectivity index (χ0) is 12.0. The Morgan fingerprint density at radius 1 is 1.38 bits per heavy atom. The van der Waals surface area contributed by atoms with Gasteiger partial charge in [-0.1, -0.05) is 0 Å². The van der Waals surface area contributed by atoms with Crippen LogP contribution in [0.2, 0.25) is 0 Å². The maximum Gasteiger partial charge on any atom is 0.328 e. The van der Waals surface area contributed by atoms with Gasteiger partial charge in [-0.3, -0.25) is 9.59 Å².